The fourth-order valence-corrected chi connectivity index (χ4v) is 1.56. The molecular weight excluding hydrogens is 330 g/mol. The molecule has 0 saturated heterocycles. The first-order valence-corrected chi connectivity index (χ1v) is 7.76. The van der Waals surface area contributed by atoms with Crippen LogP contribution in [0.5, 0.6) is 11.8 Å². The topological polar surface area (TPSA) is 117 Å². The normalized spacial score (nSPS) is 10.0. The highest BCUT2D eigenvalue weighted by Crippen LogP contribution is 2.20. The lowest BCUT2D eigenvalue weighted by atomic mass is 10.2. The minimum absolute atomic E-state index is 0.0512. The quantitative estimate of drug-likeness (QED) is 0.558. The van der Waals surface area contributed by atoms with Crippen molar-refractivity contribution in [2.24, 2.45) is 0 Å². The molecule has 25 heavy (non-hydrogen) atoms. The van der Waals surface area contributed by atoms with Crippen LogP contribution < -0.4 is 14.8 Å². The number of carbonyl (C=O) groups excluding carboxylic acids is 4. The van der Waals surface area contributed by atoms with Crippen molar-refractivity contribution in [3.05, 3.63) is 18.2 Å². The first-order valence-electron chi connectivity index (χ1n) is 7.76. The average molecular weight is 351 g/mol. The van der Waals surface area contributed by atoms with Gasteiger partial charge in [-0.1, -0.05) is 20.4 Å². The number of ketones is 1. The van der Waals surface area contributed by atoms with Crippen molar-refractivity contribution in [3.63, 3.8) is 0 Å². The molecule has 1 rings (SSSR count). The largest absolute Gasteiger partial charge is 0.407 e. The van der Waals surface area contributed by atoms with Crippen LogP contribution in [-0.2, 0) is 14.4 Å². The van der Waals surface area contributed by atoms with E-state index in [0.29, 0.717) is 5.57 Å². The lowest BCUT2D eigenvalue weighted by Gasteiger charge is -2.07. The Kier molecular flexibility index (Phi) is 7.51. The number of amides is 1. The molecule has 9 heteroatoms. The number of nitrogens with zero attached hydrogens (tertiary/aromatic N) is 2. The molecule has 1 amide bonds. The van der Waals surface area contributed by atoms with Crippen molar-refractivity contribution in [1.29, 1.82) is 0 Å². The van der Waals surface area contributed by atoms with Crippen molar-refractivity contribution >= 4 is 23.8 Å². The van der Waals surface area contributed by atoms with Gasteiger partial charge in [0.15, 0.2) is 5.78 Å². The molecule has 0 aliphatic heterocycles. The summed E-state index contributed by atoms with van der Waals surface area (Å²) in [6, 6.07) is 0.437. The maximum absolute atomic E-state index is 12.2. The third-order valence-electron chi connectivity index (χ3n) is 2.97. The minimum atomic E-state index is -0.729. The Morgan fingerprint density at radius 2 is 1.76 bits per heavy atom. The molecule has 0 atom stereocenters. The molecule has 0 radical (unpaired) electrons. The van der Waals surface area contributed by atoms with E-state index < -0.39 is 18.0 Å². The van der Waals surface area contributed by atoms with Crippen molar-refractivity contribution in [2.45, 2.75) is 40.0 Å². The van der Waals surface area contributed by atoms with E-state index >= 15 is 0 Å². The zero-order valence-electron chi connectivity index (χ0n) is 14.5. The summed E-state index contributed by atoms with van der Waals surface area (Å²) < 4.78 is 10.7. The summed E-state index contributed by atoms with van der Waals surface area (Å²) in [6.07, 6.45) is 0.278. The summed E-state index contributed by atoms with van der Waals surface area (Å²) in [5.41, 5.74) is 0.389. The van der Waals surface area contributed by atoms with E-state index in [-0.39, 0.29) is 43.4 Å². The zero-order chi connectivity index (χ0) is 19.0. The second-order valence-electron chi connectivity index (χ2n) is 5.07. The Balaban J connectivity index is 2.87. The first-order chi connectivity index (χ1) is 11.8. The third kappa shape index (κ3) is 6.21. The first kappa shape index (κ1) is 20.1. The van der Waals surface area contributed by atoms with E-state index in [4.69, 9.17) is 9.47 Å². The highest BCUT2D eigenvalue weighted by atomic mass is 16.6. The SMILES string of the molecule is C=C(C)C(=O)CCNC(=O)n1nc(OC(=O)CC)cc1OC(=O)CC. The van der Waals surface area contributed by atoms with Gasteiger partial charge in [0.25, 0.3) is 0 Å². The van der Waals surface area contributed by atoms with E-state index in [1.54, 1.807) is 20.8 Å². The predicted octanol–water partition coefficient (Wildman–Crippen LogP) is 1.61. The Labute approximate surface area is 145 Å². The predicted molar refractivity (Wildman–Crippen MR) is 87.3 cm³/mol. The Hall–Kier alpha value is -2.97. The van der Waals surface area contributed by atoms with Crippen LogP contribution in [0, 0.1) is 0 Å². The summed E-state index contributed by atoms with van der Waals surface area (Å²) in [4.78, 5) is 46.4. The van der Waals surface area contributed by atoms with Gasteiger partial charge in [0.2, 0.25) is 11.8 Å². The van der Waals surface area contributed by atoms with Crippen LogP contribution in [0.3, 0.4) is 0 Å². The molecule has 136 valence electrons. The van der Waals surface area contributed by atoms with E-state index in [1.165, 1.54) is 6.07 Å². The van der Waals surface area contributed by atoms with Crippen LogP contribution in [0.1, 0.15) is 40.0 Å². The van der Waals surface area contributed by atoms with Crippen molar-refractivity contribution in [1.82, 2.24) is 15.1 Å². The summed E-state index contributed by atoms with van der Waals surface area (Å²) in [6.45, 7) is 8.34. The van der Waals surface area contributed by atoms with Gasteiger partial charge in [-0.2, -0.15) is 0 Å². The van der Waals surface area contributed by atoms with Gasteiger partial charge >= 0.3 is 18.0 Å². The van der Waals surface area contributed by atoms with E-state index in [2.05, 4.69) is 17.0 Å². The number of ether oxygens (including phenoxy) is 2. The molecule has 0 aliphatic rings. The highest BCUT2D eigenvalue weighted by Gasteiger charge is 2.20. The van der Waals surface area contributed by atoms with Gasteiger partial charge in [-0.3, -0.25) is 14.4 Å². The summed E-state index contributed by atoms with van der Waals surface area (Å²) in [5, 5.41) is 6.26. The minimum Gasteiger partial charge on any atom is -0.407 e. The summed E-state index contributed by atoms with van der Waals surface area (Å²) in [7, 11) is 0. The third-order valence-corrected chi connectivity index (χ3v) is 2.97. The molecule has 1 N–H and O–H groups in total. The number of nitrogens with one attached hydrogen (secondary N) is 1. The van der Waals surface area contributed by atoms with E-state index in [1.807, 2.05) is 0 Å². The number of rotatable bonds is 8. The number of allylic oxidation sites excluding steroid dienone is 1. The van der Waals surface area contributed by atoms with Gasteiger partial charge in [0.05, 0.1) is 6.07 Å². The maximum Gasteiger partial charge on any atom is 0.345 e. The molecule has 0 fully saturated rings. The number of Topliss-reactive ketones (excluding diaryl/α,β-unsaturated/α-hetero) is 1. The highest BCUT2D eigenvalue weighted by molar-refractivity contribution is 5.94. The number of hydrogen-bond donors (Lipinski definition) is 1. The lowest BCUT2D eigenvalue weighted by molar-refractivity contribution is -0.135. The zero-order valence-corrected chi connectivity index (χ0v) is 14.5. The Morgan fingerprint density at radius 3 is 2.32 bits per heavy atom. The van der Waals surface area contributed by atoms with Gasteiger partial charge < -0.3 is 14.8 Å². The van der Waals surface area contributed by atoms with Crippen LogP contribution >= 0.6 is 0 Å². The summed E-state index contributed by atoms with van der Waals surface area (Å²) in [5.74, 6) is -1.67. The second-order valence-corrected chi connectivity index (χ2v) is 5.07. The van der Waals surface area contributed by atoms with Crippen LogP contribution in [0.15, 0.2) is 18.2 Å². The number of aromatic nitrogens is 2. The Morgan fingerprint density at radius 1 is 1.16 bits per heavy atom. The molecule has 0 saturated carbocycles. The van der Waals surface area contributed by atoms with Crippen LogP contribution in [0.2, 0.25) is 0 Å². The number of esters is 2. The van der Waals surface area contributed by atoms with Gasteiger partial charge in [0, 0.05) is 25.8 Å². The van der Waals surface area contributed by atoms with Gasteiger partial charge in [-0.25, -0.2) is 4.79 Å². The van der Waals surface area contributed by atoms with Gasteiger partial charge in [0.1, 0.15) is 0 Å². The molecule has 0 spiro atoms. The molecule has 1 aromatic rings. The van der Waals surface area contributed by atoms with Crippen molar-refractivity contribution in [2.75, 3.05) is 6.54 Å². The van der Waals surface area contributed by atoms with Crippen LogP contribution in [-0.4, -0.2) is 40.1 Å². The molecule has 0 unspecified atom stereocenters. The second kappa shape index (κ2) is 9.36. The van der Waals surface area contributed by atoms with Crippen LogP contribution in [0.4, 0.5) is 4.79 Å². The van der Waals surface area contributed by atoms with E-state index in [9.17, 15) is 19.2 Å². The van der Waals surface area contributed by atoms with Gasteiger partial charge in [-0.15, -0.1) is 9.78 Å². The van der Waals surface area contributed by atoms with Crippen molar-refractivity contribution < 1.29 is 28.7 Å². The van der Waals surface area contributed by atoms with Crippen molar-refractivity contribution in [3.8, 4) is 11.8 Å². The lowest BCUT2D eigenvalue weighted by Crippen LogP contribution is -2.32. The monoisotopic (exact) mass is 351 g/mol. The maximum atomic E-state index is 12.2. The fraction of sp³-hybridized carbons (Fsp3) is 0.438. The molecule has 0 aromatic carbocycles. The molecule has 1 aromatic heterocycles. The molecule has 1 heterocycles. The van der Waals surface area contributed by atoms with E-state index in [0.717, 1.165) is 4.68 Å². The van der Waals surface area contributed by atoms with Crippen LogP contribution in [0.25, 0.3) is 0 Å². The smallest absolute Gasteiger partial charge is 0.345 e. The number of hydrogen-bond acceptors (Lipinski definition) is 7. The standard InChI is InChI=1S/C16H21N3O6/c1-5-14(21)24-12-9-13(25-15(22)6-2)19(18-12)16(23)17-8-7-11(20)10(3)4/h9H,3,5-8H2,1-2,4H3,(H,17,23). The average Bonchev–Trinajstić information content (AvgIpc) is 2.96. The molecule has 9 nitrogen and oxygen atoms in total. The number of carbonyl (C=O) groups is 4. The molecular formula is C16H21N3O6. The Bertz CT molecular complexity index is 692. The van der Waals surface area contributed by atoms with Gasteiger partial charge in [-0.05, 0) is 12.5 Å². The summed E-state index contributed by atoms with van der Waals surface area (Å²) >= 11 is 0. The molecule has 0 aliphatic carbocycles. The fourth-order valence-electron chi connectivity index (χ4n) is 1.56. The molecule has 0 bridgehead atoms.